The Bertz CT molecular complexity index is 710. The van der Waals surface area contributed by atoms with E-state index in [4.69, 9.17) is 17.0 Å². The maximum Gasteiger partial charge on any atom is 0.171 e. The number of nitrogens with one attached hydrogen (secondary N) is 2. The minimum Gasteiger partial charge on any atom is -0.494 e. The molecule has 0 amide bonds. The molecule has 5 heteroatoms. The lowest BCUT2D eigenvalue weighted by atomic mass is 9.83. The first-order valence-electron chi connectivity index (χ1n) is 8.12. The van der Waals surface area contributed by atoms with Crippen molar-refractivity contribution in [3.63, 3.8) is 0 Å². The highest BCUT2D eigenvalue weighted by atomic mass is 32.1. The van der Waals surface area contributed by atoms with Crippen LogP contribution in [0.3, 0.4) is 0 Å². The molecule has 2 N–H and O–H groups in total. The number of benzene rings is 1. The highest BCUT2D eigenvalue weighted by molar-refractivity contribution is 7.80. The molecule has 0 spiro atoms. The van der Waals surface area contributed by atoms with Gasteiger partial charge in [0.1, 0.15) is 11.3 Å². The van der Waals surface area contributed by atoms with E-state index in [0.717, 1.165) is 22.3 Å². The van der Waals surface area contributed by atoms with Gasteiger partial charge in [0, 0.05) is 22.8 Å². The summed E-state index contributed by atoms with van der Waals surface area (Å²) in [6.07, 6.45) is 7.96. The molecule has 23 heavy (non-hydrogen) atoms. The highest BCUT2D eigenvalue weighted by Crippen LogP contribution is 2.30. The molecule has 0 radical (unpaired) electrons. The summed E-state index contributed by atoms with van der Waals surface area (Å²) in [7, 11) is 1.66. The number of methoxy groups -OCH3 is 1. The van der Waals surface area contributed by atoms with Crippen LogP contribution < -0.4 is 15.4 Å². The lowest BCUT2D eigenvalue weighted by Crippen LogP contribution is -2.48. The molecule has 1 fully saturated rings. The van der Waals surface area contributed by atoms with Crippen molar-refractivity contribution in [2.75, 3.05) is 12.4 Å². The molecule has 1 aliphatic rings. The maximum atomic E-state index is 5.54. The van der Waals surface area contributed by atoms with Gasteiger partial charge in [-0.15, -0.1) is 0 Å². The normalized spacial score (nSPS) is 16.8. The van der Waals surface area contributed by atoms with Crippen molar-refractivity contribution in [3.05, 3.63) is 30.5 Å². The van der Waals surface area contributed by atoms with E-state index in [9.17, 15) is 0 Å². The summed E-state index contributed by atoms with van der Waals surface area (Å²) in [5.74, 6) is 0.768. The number of thiocarbonyl (C=S) groups is 1. The fourth-order valence-electron chi connectivity index (χ4n) is 3.31. The van der Waals surface area contributed by atoms with E-state index in [0.29, 0.717) is 5.11 Å². The number of hydrogen-bond acceptors (Lipinski definition) is 3. The summed E-state index contributed by atoms with van der Waals surface area (Å²) in [6, 6.07) is 7.85. The SMILES string of the molecule is COc1ccc(NC(=S)NC2(C)CCCCC2)c2cccnc12. The largest absolute Gasteiger partial charge is 0.494 e. The minimum atomic E-state index is 0.100. The second-order valence-corrected chi connectivity index (χ2v) is 6.82. The van der Waals surface area contributed by atoms with Crippen LogP contribution in [0.2, 0.25) is 0 Å². The molecule has 3 rings (SSSR count). The Morgan fingerprint density at radius 2 is 2.00 bits per heavy atom. The van der Waals surface area contributed by atoms with E-state index in [1.165, 1.54) is 32.1 Å². The van der Waals surface area contributed by atoms with Crippen molar-refractivity contribution in [2.45, 2.75) is 44.6 Å². The van der Waals surface area contributed by atoms with Crippen molar-refractivity contribution >= 4 is 33.9 Å². The van der Waals surface area contributed by atoms with Crippen molar-refractivity contribution in [3.8, 4) is 5.75 Å². The predicted octanol–water partition coefficient (Wildman–Crippen LogP) is 4.25. The van der Waals surface area contributed by atoms with E-state index >= 15 is 0 Å². The van der Waals surface area contributed by atoms with Crippen LogP contribution in [0.1, 0.15) is 39.0 Å². The van der Waals surface area contributed by atoms with Gasteiger partial charge < -0.3 is 15.4 Å². The number of aromatic nitrogens is 1. The minimum absolute atomic E-state index is 0.100. The van der Waals surface area contributed by atoms with Crippen LogP contribution in [0, 0.1) is 0 Å². The van der Waals surface area contributed by atoms with Gasteiger partial charge in [-0.05, 0) is 56.2 Å². The molecule has 1 saturated carbocycles. The second kappa shape index (κ2) is 6.71. The first kappa shape index (κ1) is 16.0. The van der Waals surface area contributed by atoms with E-state index in [1.54, 1.807) is 13.3 Å². The van der Waals surface area contributed by atoms with Gasteiger partial charge in [-0.1, -0.05) is 19.3 Å². The zero-order chi connectivity index (χ0) is 16.3. The second-order valence-electron chi connectivity index (χ2n) is 6.42. The molecule has 0 saturated heterocycles. The van der Waals surface area contributed by atoms with Crippen molar-refractivity contribution in [1.29, 1.82) is 0 Å². The first-order chi connectivity index (χ1) is 11.1. The topological polar surface area (TPSA) is 46.2 Å². The molecule has 1 aliphatic carbocycles. The average Bonchev–Trinajstić information content (AvgIpc) is 2.55. The third-order valence-corrected chi connectivity index (χ3v) is 4.78. The Kier molecular flexibility index (Phi) is 4.66. The predicted molar refractivity (Wildman–Crippen MR) is 99.1 cm³/mol. The fourth-order valence-corrected chi connectivity index (χ4v) is 3.66. The van der Waals surface area contributed by atoms with Gasteiger partial charge in [-0.2, -0.15) is 0 Å². The average molecular weight is 329 g/mol. The summed E-state index contributed by atoms with van der Waals surface area (Å²) in [5.41, 5.74) is 1.89. The molecule has 1 aromatic heterocycles. The number of pyridine rings is 1. The lowest BCUT2D eigenvalue weighted by Gasteiger charge is -2.35. The monoisotopic (exact) mass is 329 g/mol. The third kappa shape index (κ3) is 3.55. The van der Waals surface area contributed by atoms with Crippen molar-refractivity contribution in [1.82, 2.24) is 10.3 Å². The van der Waals surface area contributed by atoms with E-state index in [1.807, 2.05) is 24.3 Å². The number of hydrogen-bond donors (Lipinski definition) is 2. The molecular weight excluding hydrogens is 306 g/mol. The van der Waals surface area contributed by atoms with Gasteiger partial charge in [0.05, 0.1) is 7.11 Å². The Balaban J connectivity index is 1.80. The van der Waals surface area contributed by atoms with E-state index < -0.39 is 0 Å². The molecular formula is C18H23N3OS. The van der Waals surface area contributed by atoms with Crippen molar-refractivity contribution in [2.24, 2.45) is 0 Å². The molecule has 0 bridgehead atoms. The van der Waals surface area contributed by atoms with Gasteiger partial charge in [-0.25, -0.2) is 0 Å². The number of nitrogens with zero attached hydrogens (tertiary/aromatic N) is 1. The Hall–Kier alpha value is -1.88. The Morgan fingerprint density at radius 1 is 1.22 bits per heavy atom. The summed E-state index contributed by atoms with van der Waals surface area (Å²) >= 11 is 5.54. The van der Waals surface area contributed by atoms with Crippen LogP contribution in [0.4, 0.5) is 5.69 Å². The number of anilines is 1. The fraction of sp³-hybridized carbons (Fsp3) is 0.444. The summed E-state index contributed by atoms with van der Waals surface area (Å²) in [5, 5.41) is 8.51. The quantitative estimate of drug-likeness (QED) is 0.824. The maximum absolute atomic E-state index is 5.54. The van der Waals surface area contributed by atoms with E-state index in [-0.39, 0.29) is 5.54 Å². The summed E-state index contributed by atoms with van der Waals surface area (Å²) < 4.78 is 5.39. The molecule has 1 aromatic carbocycles. The third-order valence-electron chi connectivity index (χ3n) is 4.57. The van der Waals surface area contributed by atoms with Crippen LogP contribution in [-0.4, -0.2) is 22.7 Å². The highest BCUT2D eigenvalue weighted by Gasteiger charge is 2.27. The van der Waals surface area contributed by atoms with Gasteiger partial charge in [0.15, 0.2) is 5.11 Å². The van der Waals surface area contributed by atoms with Gasteiger partial charge >= 0.3 is 0 Å². The summed E-state index contributed by atoms with van der Waals surface area (Å²) in [6.45, 7) is 2.26. The molecule has 0 atom stereocenters. The van der Waals surface area contributed by atoms with Gasteiger partial charge in [-0.3, -0.25) is 4.98 Å². The van der Waals surface area contributed by atoms with Crippen molar-refractivity contribution < 1.29 is 4.74 Å². The van der Waals surface area contributed by atoms with Gasteiger partial charge in [0.25, 0.3) is 0 Å². The molecule has 2 aromatic rings. The zero-order valence-corrected chi connectivity index (χ0v) is 14.5. The molecule has 0 aliphatic heterocycles. The lowest BCUT2D eigenvalue weighted by molar-refractivity contribution is 0.292. The van der Waals surface area contributed by atoms with Crippen LogP contribution in [-0.2, 0) is 0 Å². The van der Waals surface area contributed by atoms with Crippen LogP contribution >= 0.6 is 12.2 Å². The molecule has 4 nitrogen and oxygen atoms in total. The molecule has 0 unspecified atom stereocenters. The molecule has 122 valence electrons. The van der Waals surface area contributed by atoms with E-state index in [2.05, 4.69) is 22.5 Å². The van der Waals surface area contributed by atoms with Crippen LogP contribution in [0.25, 0.3) is 10.9 Å². The number of ether oxygens (including phenoxy) is 1. The Morgan fingerprint density at radius 3 is 2.74 bits per heavy atom. The van der Waals surface area contributed by atoms with Crippen LogP contribution in [0.15, 0.2) is 30.5 Å². The Labute approximate surface area is 142 Å². The zero-order valence-electron chi connectivity index (χ0n) is 13.7. The standard InChI is InChI=1S/C18H23N3OS/c1-18(10-4-3-5-11-18)21-17(23)20-14-8-9-15(22-2)16-13(14)7-6-12-19-16/h6-9,12H,3-5,10-11H2,1-2H3,(H2,20,21,23). The smallest absolute Gasteiger partial charge is 0.171 e. The van der Waals surface area contributed by atoms with Crippen LogP contribution in [0.5, 0.6) is 5.75 Å². The number of rotatable bonds is 3. The first-order valence-corrected chi connectivity index (χ1v) is 8.53. The molecule has 1 heterocycles. The summed E-state index contributed by atoms with van der Waals surface area (Å²) in [4.78, 5) is 4.42. The number of fused-ring (bicyclic) bond motifs is 1. The van der Waals surface area contributed by atoms with Gasteiger partial charge in [0.2, 0.25) is 0 Å².